The lowest BCUT2D eigenvalue weighted by Crippen LogP contribution is -2.32. The standard InChI is InChI=1S/C48H45Cl5N8O8/c1-24(50)41-35(9-7-11-39(41)68-5)56-45(64)29-13-16-32(52)37(22-29)58-60-43(26(3)62)47(66)54-31-15-18-34(28(21-31)19-20-49)55-48(67)44(27(4)63)61-59-38-23-30(14-17-33(38)53)46(65)57-36-10-8-12-40(69-6)42(36)25(2)51/h7-18,21-25,43-44H,19-20H2,1-6H3,(H,54,66)(H,55,67)(H,56,64)(H,57,65). The van der Waals surface area contributed by atoms with Gasteiger partial charge in [-0.2, -0.15) is 20.5 Å². The van der Waals surface area contributed by atoms with Gasteiger partial charge in [-0.1, -0.05) is 35.3 Å². The van der Waals surface area contributed by atoms with E-state index in [1.54, 1.807) is 50.2 Å². The number of halogens is 5. The molecule has 0 aromatic heterocycles. The molecule has 0 saturated heterocycles. The molecule has 0 aliphatic carbocycles. The summed E-state index contributed by atoms with van der Waals surface area (Å²) in [4.78, 5) is 79.2. The molecule has 0 radical (unpaired) electrons. The molecule has 0 bridgehead atoms. The van der Waals surface area contributed by atoms with E-state index in [9.17, 15) is 28.8 Å². The van der Waals surface area contributed by atoms with E-state index in [0.29, 0.717) is 39.6 Å². The first kappa shape index (κ1) is 53.5. The summed E-state index contributed by atoms with van der Waals surface area (Å²) >= 11 is 31.7. The number of nitrogens with one attached hydrogen (secondary N) is 4. The third kappa shape index (κ3) is 13.9. The zero-order valence-electron chi connectivity index (χ0n) is 37.8. The number of azo groups is 2. The van der Waals surface area contributed by atoms with Crippen molar-refractivity contribution in [2.24, 2.45) is 20.5 Å². The fraction of sp³-hybridized carbons (Fsp3) is 0.250. The van der Waals surface area contributed by atoms with Crippen molar-refractivity contribution in [3.05, 3.63) is 129 Å². The van der Waals surface area contributed by atoms with Crippen molar-refractivity contribution in [1.82, 2.24) is 0 Å². The molecule has 4 atom stereocenters. The highest BCUT2D eigenvalue weighted by Crippen LogP contribution is 2.38. The third-order valence-electron chi connectivity index (χ3n) is 10.1. The molecule has 0 fully saturated rings. The Morgan fingerprint density at radius 1 is 0.580 bits per heavy atom. The van der Waals surface area contributed by atoms with Crippen molar-refractivity contribution in [3.63, 3.8) is 0 Å². The SMILES string of the molecule is COc1cccc(NC(=O)c2ccc(Cl)c(N=NC(C(C)=O)C(=O)Nc3ccc(NC(=O)C(N=Nc4cc(C(=O)Nc5cccc(OC)c5C(C)Cl)ccc4Cl)C(C)=O)c(CCCl)c3)c2)c1C(C)Cl. The smallest absolute Gasteiger partial charge is 0.258 e. The Kier molecular flexibility index (Phi) is 19.2. The van der Waals surface area contributed by atoms with Gasteiger partial charge in [0.2, 0.25) is 12.1 Å². The van der Waals surface area contributed by atoms with E-state index >= 15 is 0 Å². The third-order valence-corrected chi connectivity index (χ3v) is 11.4. The summed E-state index contributed by atoms with van der Waals surface area (Å²) in [5.74, 6) is -2.99. The second-order valence-corrected chi connectivity index (χ2v) is 17.6. The number of carbonyl (C=O) groups is 6. The molecule has 0 saturated carbocycles. The largest absolute Gasteiger partial charge is 0.496 e. The maximum Gasteiger partial charge on any atom is 0.258 e. The molecule has 21 heteroatoms. The summed E-state index contributed by atoms with van der Waals surface area (Å²) in [6, 6.07) is 19.8. The summed E-state index contributed by atoms with van der Waals surface area (Å²) in [5.41, 5.74) is 3.20. The Balaban J connectivity index is 1.29. The first-order valence-electron chi connectivity index (χ1n) is 20.8. The Morgan fingerprint density at radius 2 is 1.03 bits per heavy atom. The number of alkyl halides is 3. The number of benzene rings is 5. The number of nitrogens with zero attached hydrogens (tertiary/aromatic N) is 4. The van der Waals surface area contributed by atoms with Gasteiger partial charge in [0, 0.05) is 50.9 Å². The van der Waals surface area contributed by atoms with Crippen LogP contribution in [0.5, 0.6) is 11.5 Å². The van der Waals surface area contributed by atoms with Gasteiger partial charge >= 0.3 is 0 Å². The molecule has 4 unspecified atom stereocenters. The minimum atomic E-state index is -1.64. The van der Waals surface area contributed by atoms with E-state index in [2.05, 4.69) is 41.7 Å². The number of hydrogen-bond donors (Lipinski definition) is 4. The molecule has 4 amide bonds. The predicted molar refractivity (Wildman–Crippen MR) is 269 cm³/mol. The maximum absolute atomic E-state index is 13.6. The predicted octanol–water partition coefficient (Wildman–Crippen LogP) is 12.3. The number of rotatable bonds is 20. The highest BCUT2D eigenvalue weighted by Gasteiger charge is 2.27. The fourth-order valence-electron chi connectivity index (χ4n) is 6.72. The molecule has 0 aliphatic rings. The lowest BCUT2D eigenvalue weighted by atomic mass is 10.1. The number of amides is 4. The van der Waals surface area contributed by atoms with Gasteiger partial charge in [0.1, 0.15) is 22.9 Å². The molecule has 0 aliphatic heterocycles. The van der Waals surface area contributed by atoms with Crippen molar-refractivity contribution in [1.29, 1.82) is 0 Å². The van der Waals surface area contributed by atoms with Crippen LogP contribution in [-0.2, 0) is 25.6 Å². The monoisotopic (exact) mass is 1040 g/mol. The van der Waals surface area contributed by atoms with E-state index in [1.165, 1.54) is 68.8 Å². The van der Waals surface area contributed by atoms with Gasteiger partial charge in [0.05, 0.1) is 35.0 Å². The second-order valence-electron chi connectivity index (χ2n) is 15.1. The van der Waals surface area contributed by atoms with E-state index in [1.807, 2.05) is 0 Å². The van der Waals surface area contributed by atoms with Crippen molar-refractivity contribution in [3.8, 4) is 11.5 Å². The molecule has 360 valence electrons. The van der Waals surface area contributed by atoms with Crippen LogP contribution in [-0.4, -0.2) is 67.4 Å². The van der Waals surface area contributed by atoms with Crippen molar-refractivity contribution < 1.29 is 38.2 Å². The molecule has 16 nitrogen and oxygen atoms in total. The van der Waals surface area contributed by atoms with Crippen LogP contribution in [0.15, 0.2) is 111 Å². The number of Topliss-reactive ketones (excluding diaryl/α,β-unsaturated/α-hetero) is 2. The topological polar surface area (TPSA) is 218 Å². The number of anilines is 4. The molecule has 5 aromatic rings. The molecule has 5 aromatic carbocycles. The Morgan fingerprint density at radius 3 is 1.43 bits per heavy atom. The molecule has 69 heavy (non-hydrogen) atoms. The Bertz CT molecular complexity index is 2840. The van der Waals surface area contributed by atoms with Crippen molar-refractivity contribution in [2.45, 2.75) is 57.0 Å². The van der Waals surface area contributed by atoms with Crippen LogP contribution in [0.4, 0.5) is 34.1 Å². The number of aryl methyl sites for hydroxylation is 1. The zero-order chi connectivity index (χ0) is 50.5. The summed E-state index contributed by atoms with van der Waals surface area (Å²) < 4.78 is 10.8. The molecule has 5 rings (SSSR count). The Labute approximate surface area is 422 Å². The molecular formula is C48H45Cl5N8O8. The minimum absolute atomic E-state index is 0.00648. The first-order chi connectivity index (χ1) is 32.9. The number of ketones is 2. The van der Waals surface area contributed by atoms with Gasteiger partial charge in [-0.3, -0.25) is 28.8 Å². The Hall–Kier alpha value is -6.43. The molecule has 0 heterocycles. The zero-order valence-corrected chi connectivity index (χ0v) is 41.6. The first-order valence-corrected chi connectivity index (χ1v) is 23.0. The number of hydrogen-bond acceptors (Lipinski definition) is 12. The number of methoxy groups -OCH3 is 2. The van der Waals surface area contributed by atoms with Crippen LogP contribution in [0, 0.1) is 0 Å². The van der Waals surface area contributed by atoms with Gasteiger partial charge < -0.3 is 30.7 Å². The van der Waals surface area contributed by atoms with Crippen molar-refractivity contribution >= 4 is 127 Å². The van der Waals surface area contributed by atoms with Crippen LogP contribution >= 0.6 is 58.0 Å². The van der Waals surface area contributed by atoms with E-state index < -0.39 is 58.0 Å². The van der Waals surface area contributed by atoms with Gasteiger partial charge in [-0.15, -0.1) is 34.8 Å². The van der Waals surface area contributed by atoms with E-state index in [4.69, 9.17) is 67.5 Å². The second kappa shape index (κ2) is 24.7. The fourth-order valence-corrected chi connectivity index (χ4v) is 7.69. The summed E-state index contributed by atoms with van der Waals surface area (Å²) in [6.07, 6.45) is 0.195. The van der Waals surface area contributed by atoms with Crippen LogP contribution in [0.2, 0.25) is 10.0 Å². The highest BCUT2D eigenvalue weighted by atomic mass is 35.5. The van der Waals surface area contributed by atoms with Gasteiger partial charge in [0.15, 0.2) is 11.6 Å². The summed E-state index contributed by atoms with van der Waals surface area (Å²) in [6.45, 7) is 5.79. The molecule has 4 N–H and O–H groups in total. The lowest BCUT2D eigenvalue weighted by Gasteiger charge is -2.16. The van der Waals surface area contributed by atoms with Gasteiger partial charge in [-0.05, 0) is 119 Å². The number of carbonyl (C=O) groups excluding carboxylic acids is 6. The van der Waals surface area contributed by atoms with Gasteiger partial charge in [0.25, 0.3) is 23.6 Å². The quantitative estimate of drug-likeness (QED) is 0.0333. The number of ether oxygens (including phenoxy) is 2. The lowest BCUT2D eigenvalue weighted by molar-refractivity contribution is -0.127. The van der Waals surface area contributed by atoms with Crippen LogP contribution < -0.4 is 30.7 Å². The highest BCUT2D eigenvalue weighted by molar-refractivity contribution is 6.33. The van der Waals surface area contributed by atoms with E-state index in [-0.39, 0.29) is 56.2 Å². The van der Waals surface area contributed by atoms with Crippen molar-refractivity contribution in [2.75, 3.05) is 41.4 Å². The maximum atomic E-state index is 13.6. The average Bonchev–Trinajstić information content (AvgIpc) is 3.30. The van der Waals surface area contributed by atoms with Gasteiger partial charge in [-0.25, -0.2) is 0 Å². The van der Waals surface area contributed by atoms with E-state index in [0.717, 1.165) is 13.8 Å². The minimum Gasteiger partial charge on any atom is -0.496 e. The van der Waals surface area contributed by atoms with Crippen LogP contribution in [0.25, 0.3) is 0 Å². The van der Waals surface area contributed by atoms with Crippen LogP contribution in [0.1, 0.15) is 75.9 Å². The summed E-state index contributed by atoms with van der Waals surface area (Å²) in [7, 11) is 2.98. The summed E-state index contributed by atoms with van der Waals surface area (Å²) in [5, 5.41) is 26.2. The molecule has 0 spiro atoms. The van der Waals surface area contributed by atoms with Crippen LogP contribution in [0.3, 0.4) is 0 Å². The average molecular weight is 1040 g/mol. The molecular weight excluding hydrogens is 994 g/mol. The normalized spacial score (nSPS) is 13.0.